The number of hydrogen-bond donors (Lipinski definition) is 0. The van der Waals surface area contributed by atoms with Crippen molar-refractivity contribution in [3.8, 4) is 0 Å². The van der Waals surface area contributed by atoms with Crippen molar-refractivity contribution in [1.82, 2.24) is 4.90 Å². The molecule has 0 heterocycles. The van der Waals surface area contributed by atoms with Crippen molar-refractivity contribution in [3.63, 3.8) is 0 Å². The minimum Gasteiger partial charge on any atom is -0.343 e. The van der Waals surface area contributed by atoms with Gasteiger partial charge >= 0.3 is 0 Å². The first kappa shape index (κ1) is 12.8. The first-order chi connectivity index (χ1) is 7.58. The normalized spacial score (nSPS) is 10.2. The number of rotatable bonds is 4. The number of amides is 1. The molecule has 0 atom stereocenters. The Hall–Kier alpha value is -1.31. The maximum absolute atomic E-state index is 12.0. The average molecular weight is 219 g/mol. The Morgan fingerprint density at radius 1 is 1.19 bits per heavy atom. The fourth-order valence-corrected chi connectivity index (χ4v) is 1.84. The van der Waals surface area contributed by atoms with Gasteiger partial charge < -0.3 is 4.90 Å². The van der Waals surface area contributed by atoms with E-state index in [1.807, 2.05) is 18.7 Å². The molecule has 1 rings (SSSR count). The lowest BCUT2D eigenvalue weighted by molar-refractivity contribution is -0.130. The molecule has 0 saturated heterocycles. The van der Waals surface area contributed by atoms with E-state index in [1.165, 1.54) is 11.1 Å². The Balaban J connectivity index is 2.80. The Labute approximate surface area is 98.3 Å². The summed E-state index contributed by atoms with van der Waals surface area (Å²) >= 11 is 0. The second kappa shape index (κ2) is 5.69. The van der Waals surface area contributed by atoms with Crippen LogP contribution in [-0.2, 0) is 11.2 Å². The van der Waals surface area contributed by atoms with E-state index in [0.717, 1.165) is 18.7 Å². The molecular weight excluding hydrogens is 198 g/mol. The Bertz CT molecular complexity index is 367. The van der Waals surface area contributed by atoms with Crippen molar-refractivity contribution < 1.29 is 4.79 Å². The van der Waals surface area contributed by atoms with E-state index in [1.54, 1.807) is 0 Å². The summed E-state index contributed by atoms with van der Waals surface area (Å²) in [5.41, 5.74) is 3.57. The summed E-state index contributed by atoms with van der Waals surface area (Å²) in [5, 5.41) is 0. The van der Waals surface area contributed by atoms with Crippen LogP contribution in [0.4, 0.5) is 0 Å². The number of aryl methyl sites for hydroxylation is 2. The summed E-state index contributed by atoms with van der Waals surface area (Å²) in [4.78, 5) is 13.8. The number of benzene rings is 1. The summed E-state index contributed by atoms with van der Waals surface area (Å²) in [7, 11) is 0. The molecule has 16 heavy (non-hydrogen) atoms. The van der Waals surface area contributed by atoms with Gasteiger partial charge in [0.1, 0.15) is 0 Å². The van der Waals surface area contributed by atoms with Crippen molar-refractivity contribution in [1.29, 1.82) is 0 Å². The van der Waals surface area contributed by atoms with Crippen LogP contribution in [0.1, 0.15) is 30.5 Å². The number of nitrogens with zero attached hydrogens (tertiary/aromatic N) is 1. The molecule has 0 N–H and O–H groups in total. The highest BCUT2D eigenvalue weighted by Crippen LogP contribution is 2.12. The average Bonchev–Trinajstić information content (AvgIpc) is 2.25. The molecule has 0 spiro atoms. The van der Waals surface area contributed by atoms with Gasteiger partial charge in [-0.2, -0.15) is 0 Å². The highest BCUT2D eigenvalue weighted by molar-refractivity contribution is 5.79. The third kappa shape index (κ3) is 3.09. The van der Waals surface area contributed by atoms with Crippen LogP contribution in [0.3, 0.4) is 0 Å². The zero-order valence-corrected chi connectivity index (χ0v) is 10.7. The van der Waals surface area contributed by atoms with Crippen molar-refractivity contribution in [2.24, 2.45) is 0 Å². The fraction of sp³-hybridized carbons (Fsp3) is 0.500. The number of likely N-dealkylation sites (N-methyl/N-ethyl adjacent to an activating group) is 1. The van der Waals surface area contributed by atoms with Gasteiger partial charge in [-0.1, -0.05) is 23.8 Å². The third-order valence-corrected chi connectivity index (χ3v) is 2.96. The molecule has 1 aromatic rings. The van der Waals surface area contributed by atoms with Crippen LogP contribution < -0.4 is 0 Å². The van der Waals surface area contributed by atoms with Crippen LogP contribution in [0.25, 0.3) is 0 Å². The van der Waals surface area contributed by atoms with Gasteiger partial charge in [0.05, 0.1) is 6.42 Å². The summed E-state index contributed by atoms with van der Waals surface area (Å²) in [6.07, 6.45) is 0.523. The first-order valence-electron chi connectivity index (χ1n) is 5.92. The molecule has 1 amide bonds. The predicted molar refractivity (Wildman–Crippen MR) is 67.5 cm³/mol. The van der Waals surface area contributed by atoms with Crippen molar-refractivity contribution in [2.45, 2.75) is 34.1 Å². The summed E-state index contributed by atoms with van der Waals surface area (Å²) in [5.74, 6) is 0.221. The standard InChI is InChI=1S/C14H21NO/c1-5-15(6-2)14(16)10-13-9-11(3)7-8-12(13)4/h7-9H,5-6,10H2,1-4H3. The molecule has 0 saturated carbocycles. The van der Waals surface area contributed by atoms with E-state index in [-0.39, 0.29) is 5.91 Å². The molecule has 2 heteroatoms. The van der Waals surface area contributed by atoms with E-state index in [4.69, 9.17) is 0 Å². The van der Waals surface area contributed by atoms with Crippen LogP contribution in [0.15, 0.2) is 18.2 Å². The lowest BCUT2D eigenvalue weighted by Gasteiger charge is -2.19. The Morgan fingerprint density at radius 2 is 1.81 bits per heavy atom. The SMILES string of the molecule is CCN(CC)C(=O)Cc1cc(C)ccc1C. The van der Waals surface area contributed by atoms with Crippen LogP contribution >= 0.6 is 0 Å². The molecule has 0 fully saturated rings. The smallest absolute Gasteiger partial charge is 0.226 e. The van der Waals surface area contributed by atoms with Gasteiger partial charge in [0, 0.05) is 13.1 Å². The largest absolute Gasteiger partial charge is 0.343 e. The second-order valence-electron chi connectivity index (χ2n) is 4.17. The zero-order valence-electron chi connectivity index (χ0n) is 10.7. The summed E-state index contributed by atoms with van der Waals surface area (Å²) in [6.45, 7) is 9.74. The van der Waals surface area contributed by atoms with E-state index in [2.05, 4.69) is 32.0 Å². The van der Waals surface area contributed by atoms with E-state index in [9.17, 15) is 4.79 Å². The number of carbonyl (C=O) groups is 1. The maximum Gasteiger partial charge on any atom is 0.226 e. The number of hydrogen-bond acceptors (Lipinski definition) is 1. The summed E-state index contributed by atoms with van der Waals surface area (Å²) in [6, 6.07) is 6.28. The van der Waals surface area contributed by atoms with Gasteiger partial charge in [-0.25, -0.2) is 0 Å². The van der Waals surface area contributed by atoms with Gasteiger partial charge in [0.2, 0.25) is 5.91 Å². The molecule has 0 aliphatic rings. The van der Waals surface area contributed by atoms with Gasteiger partial charge in [0.15, 0.2) is 0 Å². The number of carbonyl (C=O) groups excluding carboxylic acids is 1. The van der Waals surface area contributed by atoms with Gasteiger partial charge in [-0.3, -0.25) is 4.79 Å². The molecule has 1 aromatic carbocycles. The molecule has 0 aliphatic heterocycles. The van der Waals surface area contributed by atoms with Crippen LogP contribution in [-0.4, -0.2) is 23.9 Å². The lowest BCUT2D eigenvalue weighted by atomic mass is 10.0. The monoisotopic (exact) mass is 219 g/mol. The zero-order chi connectivity index (χ0) is 12.1. The summed E-state index contributed by atoms with van der Waals surface area (Å²) < 4.78 is 0. The van der Waals surface area contributed by atoms with Gasteiger partial charge in [0.25, 0.3) is 0 Å². The van der Waals surface area contributed by atoms with Crippen LogP contribution in [0.5, 0.6) is 0 Å². The molecule has 88 valence electrons. The molecule has 2 nitrogen and oxygen atoms in total. The van der Waals surface area contributed by atoms with Crippen LogP contribution in [0.2, 0.25) is 0 Å². The highest BCUT2D eigenvalue weighted by Gasteiger charge is 2.11. The Kier molecular flexibility index (Phi) is 4.53. The van der Waals surface area contributed by atoms with Crippen molar-refractivity contribution in [3.05, 3.63) is 34.9 Å². The Morgan fingerprint density at radius 3 is 2.38 bits per heavy atom. The second-order valence-corrected chi connectivity index (χ2v) is 4.17. The molecule has 0 unspecified atom stereocenters. The molecule has 0 bridgehead atoms. The van der Waals surface area contributed by atoms with E-state index < -0.39 is 0 Å². The minimum absolute atomic E-state index is 0.221. The molecular formula is C14H21NO. The molecule has 0 aliphatic carbocycles. The van der Waals surface area contributed by atoms with Crippen LogP contribution in [0, 0.1) is 13.8 Å². The van der Waals surface area contributed by atoms with Gasteiger partial charge in [-0.15, -0.1) is 0 Å². The van der Waals surface area contributed by atoms with Gasteiger partial charge in [-0.05, 0) is 38.8 Å². The van der Waals surface area contributed by atoms with Crippen molar-refractivity contribution >= 4 is 5.91 Å². The lowest BCUT2D eigenvalue weighted by Crippen LogP contribution is -2.31. The van der Waals surface area contributed by atoms with E-state index >= 15 is 0 Å². The molecule has 0 aromatic heterocycles. The maximum atomic E-state index is 12.0. The fourth-order valence-electron chi connectivity index (χ4n) is 1.84. The quantitative estimate of drug-likeness (QED) is 0.762. The first-order valence-corrected chi connectivity index (χ1v) is 5.92. The highest BCUT2D eigenvalue weighted by atomic mass is 16.2. The molecule has 0 radical (unpaired) electrons. The minimum atomic E-state index is 0.221. The third-order valence-electron chi connectivity index (χ3n) is 2.96. The predicted octanol–water partition coefficient (Wildman–Crippen LogP) is 2.71. The topological polar surface area (TPSA) is 20.3 Å². The van der Waals surface area contributed by atoms with E-state index in [0.29, 0.717) is 6.42 Å². The van der Waals surface area contributed by atoms with Crippen molar-refractivity contribution in [2.75, 3.05) is 13.1 Å².